The van der Waals surface area contributed by atoms with Gasteiger partial charge in [-0.25, -0.2) is 8.78 Å². The summed E-state index contributed by atoms with van der Waals surface area (Å²) in [6.45, 7) is 0. The van der Waals surface area contributed by atoms with Gasteiger partial charge in [-0.3, -0.25) is 4.79 Å². The van der Waals surface area contributed by atoms with Crippen LogP contribution in [-0.2, 0) is 0 Å². The van der Waals surface area contributed by atoms with E-state index in [1.807, 2.05) is 0 Å². The summed E-state index contributed by atoms with van der Waals surface area (Å²) in [4.78, 5) is 11.6. The van der Waals surface area contributed by atoms with E-state index in [0.717, 1.165) is 0 Å². The zero-order valence-corrected chi connectivity index (χ0v) is 8.19. The summed E-state index contributed by atoms with van der Waals surface area (Å²) in [5.41, 5.74) is 0.331. The number of halogens is 2. The summed E-state index contributed by atoms with van der Waals surface area (Å²) in [6.07, 6.45) is -0.208. The maximum absolute atomic E-state index is 12.8. The van der Waals surface area contributed by atoms with E-state index in [2.05, 4.69) is 4.37 Å². The number of aromatic nitrogens is 1. The molecular weight excluding hydrogens is 208 g/mol. The van der Waals surface area contributed by atoms with E-state index in [0.29, 0.717) is 5.69 Å². The van der Waals surface area contributed by atoms with Gasteiger partial charge in [0.05, 0.1) is 0 Å². The lowest BCUT2D eigenvalue weighted by atomic mass is 10.0. The van der Waals surface area contributed by atoms with Crippen molar-refractivity contribution in [2.45, 2.75) is 25.2 Å². The van der Waals surface area contributed by atoms with E-state index in [1.165, 1.54) is 11.5 Å². The van der Waals surface area contributed by atoms with Crippen molar-refractivity contribution in [3.05, 3.63) is 17.1 Å². The number of ketones is 1. The molecule has 0 radical (unpaired) electrons. The Bertz CT molecular complexity index is 337. The van der Waals surface area contributed by atoms with Gasteiger partial charge in [0.1, 0.15) is 5.69 Å². The average Bonchev–Trinajstić information content (AvgIpc) is 2.72. The van der Waals surface area contributed by atoms with Crippen LogP contribution in [0.3, 0.4) is 0 Å². The molecular formula is C9H9F2NOS. The molecule has 1 aromatic heterocycles. The summed E-state index contributed by atoms with van der Waals surface area (Å²) < 4.78 is 29.5. The van der Waals surface area contributed by atoms with Gasteiger partial charge in [0.15, 0.2) is 5.78 Å². The van der Waals surface area contributed by atoms with Crippen LogP contribution in [0.4, 0.5) is 8.78 Å². The Hall–Kier alpha value is -0.840. The first kappa shape index (κ1) is 9.71. The van der Waals surface area contributed by atoms with Crippen LogP contribution in [0.15, 0.2) is 11.4 Å². The quantitative estimate of drug-likeness (QED) is 0.713. The summed E-state index contributed by atoms with van der Waals surface area (Å²) in [5, 5.41) is 1.68. The van der Waals surface area contributed by atoms with Gasteiger partial charge in [0.2, 0.25) is 5.92 Å². The van der Waals surface area contributed by atoms with Gasteiger partial charge in [-0.2, -0.15) is 4.37 Å². The fourth-order valence-electron chi connectivity index (χ4n) is 1.72. The van der Waals surface area contributed by atoms with Gasteiger partial charge in [-0.1, -0.05) is 0 Å². The Morgan fingerprint density at radius 2 is 2.43 bits per heavy atom. The van der Waals surface area contributed by atoms with Gasteiger partial charge < -0.3 is 0 Å². The van der Waals surface area contributed by atoms with Gasteiger partial charge in [-0.15, -0.1) is 0 Å². The van der Waals surface area contributed by atoms with Crippen LogP contribution < -0.4 is 0 Å². The van der Waals surface area contributed by atoms with Crippen molar-refractivity contribution in [3.63, 3.8) is 0 Å². The summed E-state index contributed by atoms with van der Waals surface area (Å²) in [6, 6.07) is 1.59. The normalized spacial score (nSPS) is 25.1. The molecule has 1 aromatic rings. The minimum atomic E-state index is -2.66. The molecule has 0 aliphatic heterocycles. The summed E-state index contributed by atoms with van der Waals surface area (Å²) in [5.74, 6) is -3.42. The standard InChI is InChI=1S/C9H9F2NOS/c10-9(11)3-1-6(5-9)8(13)7-2-4-14-12-7/h2,4,6H,1,3,5H2. The molecule has 1 unspecified atom stereocenters. The van der Waals surface area contributed by atoms with Crippen LogP contribution in [0.2, 0.25) is 0 Å². The first-order valence-electron chi connectivity index (χ1n) is 4.41. The van der Waals surface area contributed by atoms with Crippen molar-refractivity contribution in [2.24, 2.45) is 5.92 Å². The molecule has 14 heavy (non-hydrogen) atoms. The van der Waals surface area contributed by atoms with Crippen LogP contribution in [0.1, 0.15) is 29.8 Å². The summed E-state index contributed by atoms with van der Waals surface area (Å²) in [7, 11) is 0. The van der Waals surface area contributed by atoms with Crippen LogP contribution in [0.5, 0.6) is 0 Å². The third-order valence-electron chi connectivity index (χ3n) is 2.46. The lowest BCUT2D eigenvalue weighted by molar-refractivity contribution is 0.00528. The first-order chi connectivity index (χ1) is 6.58. The minimum absolute atomic E-state index is 0.173. The fourth-order valence-corrected chi connectivity index (χ4v) is 2.24. The highest BCUT2D eigenvalue weighted by atomic mass is 32.1. The molecule has 1 atom stereocenters. The molecule has 2 rings (SSSR count). The number of carbonyl (C=O) groups excluding carboxylic acids is 1. The van der Waals surface area contributed by atoms with E-state index in [9.17, 15) is 13.6 Å². The Labute approximate surface area is 84.1 Å². The van der Waals surface area contributed by atoms with Crippen LogP contribution in [-0.4, -0.2) is 16.1 Å². The molecule has 1 aliphatic rings. The number of hydrogen-bond acceptors (Lipinski definition) is 3. The van der Waals surface area contributed by atoms with Crippen LogP contribution >= 0.6 is 11.5 Å². The number of nitrogens with zero attached hydrogens (tertiary/aromatic N) is 1. The Morgan fingerprint density at radius 3 is 2.93 bits per heavy atom. The minimum Gasteiger partial charge on any atom is -0.292 e. The molecule has 0 aromatic carbocycles. The van der Waals surface area contributed by atoms with Crippen molar-refractivity contribution < 1.29 is 13.6 Å². The van der Waals surface area contributed by atoms with E-state index < -0.39 is 11.8 Å². The molecule has 1 saturated carbocycles. The second-order valence-corrected chi connectivity index (χ2v) is 4.21. The van der Waals surface area contributed by atoms with Gasteiger partial charge in [-0.05, 0) is 24.0 Å². The molecule has 1 fully saturated rings. The third kappa shape index (κ3) is 1.82. The molecule has 1 heterocycles. The van der Waals surface area contributed by atoms with E-state index in [4.69, 9.17) is 0 Å². The number of alkyl halides is 2. The smallest absolute Gasteiger partial charge is 0.248 e. The maximum atomic E-state index is 12.8. The maximum Gasteiger partial charge on any atom is 0.248 e. The lowest BCUT2D eigenvalue weighted by Crippen LogP contribution is -2.15. The second-order valence-electron chi connectivity index (χ2n) is 3.54. The lowest BCUT2D eigenvalue weighted by Gasteiger charge is -2.07. The SMILES string of the molecule is O=C(c1ccsn1)C1CCC(F)(F)C1. The van der Waals surface area contributed by atoms with Crippen molar-refractivity contribution >= 4 is 17.3 Å². The zero-order chi connectivity index (χ0) is 10.2. The van der Waals surface area contributed by atoms with Gasteiger partial charge >= 0.3 is 0 Å². The highest BCUT2D eigenvalue weighted by Crippen LogP contribution is 2.40. The molecule has 1 aliphatic carbocycles. The fraction of sp³-hybridized carbons (Fsp3) is 0.556. The van der Waals surface area contributed by atoms with Crippen molar-refractivity contribution in [1.29, 1.82) is 0 Å². The highest BCUT2D eigenvalue weighted by Gasteiger charge is 2.42. The number of rotatable bonds is 2. The van der Waals surface area contributed by atoms with Crippen molar-refractivity contribution in [3.8, 4) is 0 Å². The predicted octanol–water partition coefficient (Wildman–Crippen LogP) is 2.76. The predicted molar refractivity (Wildman–Crippen MR) is 48.7 cm³/mol. The molecule has 0 amide bonds. The van der Waals surface area contributed by atoms with E-state index >= 15 is 0 Å². The second kappa shape index (κ2) is 3.38. The Kier molecular flexibility index (Phi) is 2.34. The topological polar surface area (TPSA) is 30.0 Å². The van der Waals surface area contributed by atoms with Crippen LogP contribution in [0, 0.1) is 5.92 Å². The van der Waals surface area contributed by atoms with E-state index in [1.54, 1.807) is 11.4 Å². The van der Waals surface area contributed by atoms with Crippen LogP contribution in [0.25, 0.3) is 0 Å². The molecule has 2 nitrogen and oxygen atoms in total. The molecule has 76 valence electrons. The Morgan fingerprint density at radius 1 is 1.64 bits per heavy atom. The molecule has 0 N–H and O–H groups in total. The third-order valence-corrected chi connectivity index (χ3v) is 3.02. The Balaban J connectivity index is 2.08. The molecule has 0 bridgehead atoms. The van der Waals surface area contributed by atoms with E-state index in [-0.39, 0.29) is 25.0 Å². The van der Waals surface area contributed by atoms with Crippen molar-refractivity contribution in [1.82, 2.24) is 4.37 Å². The monoisotopic (exact) mass is 217 g/mol. The summed E-state index contributed by atoms with van der Waals surface area (Å²) >= 11 is 1.17. The molecule has 0 spiro atoms. The highest BCUT2D eigenvalue weighted by molar-refractivity contribution is 7.03. The number of hydrogen-bond donors (Lipinski definition) is 0. The van der Waals surface area contributed by atoms with Gasteiger partial charge in [0, 0.05) is 24.1 Å². The largest absolute Gasteiger partial charge is 0.292 e. The molecule has 5 heteroatoms. The zero-order valence-electron chi connectivity index (χ0n) is 7.37. The molecule has 0 saturated heterocycles. The van der Waals surface area contributed by atoms with Crippen molar-refractivity contribution in [2.75, 3.05) is 0 Å². The van der Waals surface area contributed by atoms with Gasteiger partial charge in [0.25, 0.3) is 0 Å². The average molecular weight is 217 g/mol. The number of Topliss-reactive ketones (excluding diaryl/α,β-unsaturated/α-hetero) is 1. The first-order valence-corrected chi connectivity index (χ1v) is 5.24. The number of carbonyl (C=O) groups is 1.